The van der Waals surface area contributed by atoms with E-state index < -0.39 is 6.09 Å². The van der Waals surface area contributed by atoms with Crippen molar-refractivity contribution in [2.75, 3.05) is 20.2 Å². The van der Waals surface area contributed by atoms with Crippen LogP contribution in [0.1, 0.15) is 11.1 Å². The number of hydrogen-bond donors (Lipinski definition) is 1. The van der Waals surface area contributed by atoms with Gasteiger partial charge in [-0.1, -0.05) is 24.3 Å². The van der Waals surface area contributed by atoms with E-state index in [1.807, 2.05) is 24.3 Å². The Balaban J connectivity index is 2.33. The molecule has 96 valence electrons. The third-order valence-electron chi connectivity index (χ3n) is 2.44. The quantitative estimate of drug-likeness (QED) is 0.780. The van der Waals surface area contributed by atoms with Crippen molar-refractivity contribution in [1.82, 2.24) is 4.90 Å². The van der Waals surface area contributed by atoms with Crippen LogP contribution in [0.5, 0.6) is 0 Å². The first-order chi connectivity index (χ1) is 8.63. The molecule has 0 saturated heterocycles. The van der Waals surface area contributed by atoms with Crippen LogP contribution >= 0.6 is 0 Å². The van der Waals surface area contributed by atoms with Gasteiger partial charge in [-0.3, -0.25) is 0 Å². The molecule has 18 heavy (non-hydrogen) atoms. The molecule has 0 fully saturated rings. The summed E-state index contributed by atoms with van der Waals surface area (Å²) in [5.41, 5.74) is 1.95. The maximum Gasteiger partial charge on any atom is 0.407 e. The van der Waals surface area contributed by atoms with Gasteiger partial charge in [0.15, 0.2) is 0 Å². The van der Waals surface area contributed by atoms with Crippen LogP contribution in [0.15, 0.2) is 24.3 Å². The molecular formula is C13H16N2O3. The number of amides is 1. The number of benzene rings is 1. The summed E-state index contributed by atoms with van der Waals surface area (Å²) < 4.78 is 5.39. The molecule has 0 unspecified atom stereocenters. The van der Waals surface area contributed by atoms with Gasteiger partial charge in [-0.15, -0.1) is 0 Å². The number of carbonyl (C=O) groups is 1. The molecule has 0 atom stereocenters. The third kappa shape index (κ3) is 4.85. The summed E-state index contributed by atoms with van der Waals surface area (Å²) in [7, 11) is 1.50. The van der Waals surface area contributed by atoms with E-state index in [1.165, 1.54) is 11.9 Å². The van der Waals surface area contributed by atoms with Gasteiger partial charge < -0.3 is 14.7 Å². The van der Waals surface area contributed by atoms with Gasteiger partial charge in [0, 0.05) is 13.6 Å². The normalized spacial score (nSPS) is 9.78. The molecule has 1 aromatic rings. The van der Waals surface area contributed by atoms with E-state index in [9.17, 15) is 4.79 Å². The van der Waals surface area contributed by atoms with Crippen LogP contribution in [-0.4, -0.2) is 36.3 Å². The Bertz CT molecular complexity index is 440. The van der Waals surface area contributed by atoms with E-state index in [0.717, 1.165) is 11.1 Å². The lowest BCUT2D eigenvalue weighted by Gasteiger charge is -2.12. The van der Waals surface area contributed by atoms with E-state index in [0.29, 0.717) is 26.2 Å². The molecule has 0 saturated carbocycles. The molecule has 0 heterocycles. The molecule has 1 amide bonds. The summed E-state index contributed by atoms with van der Waals surface area (Å²) in [5.74, 6) is 0. The maximum atomic E-state index is 10.5. The number of rotatable bonds is 6. The second-order valence-corrected chi connectivity index (χ2v) is 3.91. The van der Waals surface area contributed by atoms with Crippen molar-refractivity contribution in [2.45, 2.75) is 13.0 Å². The number of carboxylic acid groups (broad SMARTS) is 1. The lowest BCUT2D eigenvalue weighted by atomic mass is 10.1. The molecule has 1 rings (SSSR count). The Labute approximate surface area is 106 Å². The number of likely N-dealkylation sites (N-methyl/N-ethyl adjacent to an activating group) is 1. The fourth-order valence-corrected chi connectivity index (χ4v) is 1.41. The molecule has 0 spiro atoms. The van der Waals surface area contributed by atoms with Gasteiger partial charge in [0.05, 0.1) is 25.7 Å². The second-order valence-electron chi connectivity index (χ2n) is 3.91. The van der Waals surface area contributed by atoms with Gasteiger partial charge in [0.25, 0.3) is 0 Å². The topological polar surface area (TPSA) is 73.6 Å². The Kier molecular flexibility index (Phi) is 5.68. The summed E-state index contributed by atoms with van der Waals surface area (Å²) in [6, 6.07) is 9.71. The van der Waals surface area contributed by atoms with Crippen LogP contribution in [-0.2, 0) is 17.8 Å². The van der Waals surface area contributed by atoms with Gasteiger partial charge in [-0.05, 0) is 11.1 Å². The molecule has 0 aliphatic carbocycles. The highest BCUT2D eigenvalue weighted by Crippen LogP contribution is 2.07. The maximum absolute atomic E-state index is 10.5. The molecule has 1 aromatic carbocycles. The van der Waals surface area contributed by atoms with Gasteiger partial charge >= 0.3 is 6.09 Å². The molecule has 0 aliphatic heterocycles. The summed E-state index contributed by atoms with van der Waals surface area (Å²) in [6.45, 7) is 1.12. The molecular weight excluding hydrogens is 232 g/mol. The van der Waals surface area contributed by atoms with E-state index >= 15 is 0 Å². The average molecular weight is 248 g/mol. The minimum absolute atomic E-state index is 0.340. The first-order valence-corrected chi connectivity index (χ1v) is 5.60. The van der Waals surface area contributed by atoms with Crippen molar-refractivity contribution < 1.29 is 14.6 Å². The van der Waals surface area contributed by atoms with E-state index in [2.05, 4.69) is 6.07 Å². The van der Waals surface area contributed by atoms with Crippen molar-refractivity contribution in [3.63, 3.8) is 0 Å². The highest BCUT2D eigenvalue weighted by atomic mass is 16.5. The van der Waals surface area contributed by atoms with Gasteiger partial charge in [-0.2, -0.15) is 5.26 Å². The minimum Gasteiger partial charge on any atom is -0.465 e. The van der Waals surface area contributed by atoms with Crippen molar-refractivity contribution >= 4 is 6.09 Å². The van der Waals surface area contributed by atoms with E-state index in [1.54, 1.807) is 0 Å². The zero-order chi connectivity index (χ0) is 13.4. The summed E-state index contributed by atoms with van der Waals surface area (Å²) in [6.07, 6.45) is -0.579. The fraction of sp³-hybridized carbons (Fsp3) is 0.385. The van der Waals surface area contributed by atoms with E-state index in [-0.39, 0.29) is 0 Å². The van der Waals surface area contributed by atoms with Crippen molar-refractivity contribution in [3.05, 3.63) is 35.4 Å². The standard InChI is InChI=1S/C13H16N2O3/c1-15(13(16)17)7-8-18-10-12-4-2-3-11(9-12)5-6-14/h2-4,9H,5,7-8,10H2,1H3,(H,16,17). The zero-order valence-electron chi connectivity index (χ0n) is 10.3. The Hall–Kier alpha value is -2.06. The van der Waals surface area contributed by atoms with Crippen LogP contribution in [0.25, 0.3) is 0 Å². The largest absolute Gasteiger partial charge is 0.465 e. The number of nitrogens with zero attached hydrogens (tertiary/aromatic N) is 2. The lowest BCUT2D eigenvalue weighted by molar-refractivity contribution is 0.0934. The van der Waals surface area contributed by atoms with Crippen LogP contribution in [0.2, 0.25) is 0 Å². The smallest absolute Gasteiger partial charge is 0.407 e. The molecule has 0 radical (unpaired) electrons. The highest BCUT2D eigenvalue weighted by molar-refractivity contribution is 5.64. The van der Waals surface area contributed by atoms with Crippen LogP contribution in [0.3, 0.4) is 0 Å². The summed E-state index contributed by atoms with van der Waals surface area (Å²) in [5, 5.41) is 17.2. The van der Waals surface area contributed by atoms with Crippen molar-refractivity contribution in [3.8, 4) is 6.07 Å². The summed E-state index contributed by atoms with van der Waals surface area (Å²) >= 11 is 0. The fourth-order valence-electron chi connectivity index (χ4n) is 1.41. The van der Waals surface area contributed by atoms with Gasteiger partial charge in [0.1, 0.15) is 0 Å². The average Bonchev–Trinajstić information content (AvgIpc) is 2.35. The van der Waals surface area contributed by atoms with Gasteiger partial charge in [0.2, 0.25) is 0 Å². The number of hydrogen-bond acceptors (Lipinski definition) is 3. The monoisotopic (exact) mass is 248 g/mol. The Morgan fingerprint density at radius 3 is 2.89 bits per heavy atom. The van der Waals surface area contributed by atoms with Crippen molar-refractivity contribution in [2.24, 2.45) is 0 Å². The Morgan fingerprint density at radius 1 is 1.50 bits per heavy atom. The highest BCUT2D eigenvalue weighted by Gasteiger charge is 2.04. The van der Waals surface area contributed by atoms with Crippen LogP contribution in [0.4, 0.5) is 4.79 Å². The third-order valence-corrected chi connectivity index (χ3v) is 2.44. The van der Waals surface area contributed by atoms with Crippen molar-refractivity contribution in [1.29, 1.82) is 5.26 Å². The molecule has 0 aliphatic rings. The predicted octanol–water partition coefficient (Wildman–Crippen LogP) is 1.88. The molecule has 1 N–H and O–H groups in total. The van der Waals surface area contributed by atoms with E-state index in [4.69, 9.17) is 15.1 Å². The lowest BCUT2D eigenvalue weighted by Crippen LogP contribution is -2.28. The first kappa shape index (κ1) is 14.0. The molecule has 5 heteroatoms. The Morgan fingerprint density at radius 2 is 2.22 bits per heavy atom. The second kappa shape index (κ2) is 7.30. The molecule has 5 nitrogen and oxygen atoms in total. The minimum atomic E-state index is -0.963. The van der Waals surface area contributed by atoms with Crippen LogP contribution < -0.4 is 0 Å². The predicted molar refractivity (Wildman–Crippen MR) is 66.1 cm³/mol. The summed E-state index contributed by atoms with van der Waals surface area (Å²) in [4.78, 5) is 11.7. The SMILES string of the molecule is CN(CCOCc1cccc(CC#N)c1)C(=O)O. The van der Waals surface area contributed by atoms with Gasteiger partial charge in [-0.25, -0.2) is 4.79 Å². The first-order valence-electron chi connectivity index (χ1n) is 5.60. The zero-order valence-corrected chi connectivity index (χ0v) is 10.3. The van der Waals surface area contributed by atoms with Crippen LogP contribution in [0, 0.1) is 11.3 Å². The number of nitriles is 1. The number of ether oxygens (including phenoxy) is 1. The molecule has 0 bridgehead atoms. The molecule has 0 aromatic heterocycles.